The van der Waals surface area contributed by atoms with Crippen LogP contribution in [-0.4, -0.2) is 29.7 Å². The van der Waals surface area contributed by atoms with E-state index in [2.05, 4.69) is 25.0 Å². The zero-order chi connectivity index (χ0) is 12.7. The average molecular weight is 261 g/mol. The molecule has 7 heteroatoms. The Hall–Kier alpha value is -2.08. The monoisotopic (exact) mass is 260 g/mol. The molecule has 18 heavy (non-hydrogen) atoms. The molecule has 0 bridgehead atoms. The molecular weight excluding hydrogens is 252 g/mol. The lowest BCUT2D eigenvalue weighted by molar-refractivity contribution is 0.835. The summed E-state index contributed by atoms with van der Waals surface area (Å²) in [5.74, 6) is 1.36. The van der Waals surface area contributed by atoms with Crippen molar-refractivity contribution in [2.45, 2.75) is 13.8 Å². The molecule has 3 heterocycles. The molecule has 0 spiro atoms. The SMILES string of the molecule is Cc1cc(-n2ncc3c(Cl)ncnc32)nc(C)n1. The Morgan fingerprint density at radius 3 is 2.78 bits per heavy atom. The number of aromatic nitrogens is 6. The topological polar surface area (TPSA) is 69.4 Å². The van der Waals surface area contributed by atoms with Crippen molar-refractivity contribution in [1.82, 2.24) is 29.7 Å². The van der Waals surface area contributed by atoms with Gasteiger partial charge < -0.3 is 0 Å². The van der Waals surface area contributed by atoms with Crippen LogP contribution in [0.5, 0.6) is 0 Å². The summed E-state index contributed by atoms with van der Waals surface area (Å²) in [5.41, 5.74) is 1.51. The van der Waals surface area contributed by atoms with Gasteiger partial charge in [-0.05, 0) is 13.8 Å². The summed E-state index contributed by atoms with van der Waals surface area (Å²) >= 11 is 5.98. The lowest BCUT2D eigenvalue weighted by atomic mass is 10.4. The Bertz CT molecular complexity index is 715. The quantitative estimate of drug-likeness (QED) is 0.625. The van der Waals surface area contributed by atoms with Crippen molar-refractivity contribution in [1.29, 1.82) is 0 Å². The molecule has 0 aliphatic rings. The van der Waals surface area contributed by atoms with Crippen molar-refractivity contribution in [3.05, 3.63) is 35.3 Å². The molecule has 0 amide bonds. The number of hydrogen-bond donors (Lipinski definition) is 0. The summed E-state index contributed by atoms with van der Waals surface area (Å²) in [6.07, 6.45) is 3.04. The summed E-state index contributed by atoms with van der Waals surface area (Å²) in [4.78, 5) is 16.7. The Morgan fingerprint density at radius 2 is 2.00 bits per heavy atom. The van der Waals surface area contributed by atoms with E-state index in [0.717, 1.165) is 5.69 Å². The van der Waals surface area contributed by atoms with Crippen molar-refractivity contribution >= 4 is 22.6 Å². The van der Waals surface area contributed by atoms with Gasteiger partial charge in [0.25, 0.3) is 0 Å². The molecule has 0 saturated carbocycles. The van der Waals surface area contributed by atoms with Crippen LogP contribution in [0.1, 0.15) is 11.5 Å². The second-order valence-electron chi connectivity index (χ2n) is 3.87. The van der Waals surface area contributed by atoms with E-state index in [1.165, 1.54) is 6.33 Å². The standard InChI is InChI=1S/C11H9ClN6/c1-6-3-9(17-7(2)16-6)18-11-8(4-15-18)10(12)13-5-14-11/h3-5H,1-2H3. The minimum atomic E-state index is 0.383. The van der Waals surface area contributed by atoms with Crippen molar-refractivity contribution in [3.8, 4) is 5.82 Å². The van der Waals surface area contributed by atoms with Crippen LogP contribution in [-0.2, 0) is 0 Å². The molecule has 0 unspecified atom stereocenters. The Morgan fingerprint density at radius 1 is 1.17 bits per heavy atom. The summed E-state index contributed by atoms with van der Waals surface area (Å²) in [7, 11) is 0. The van der Waals surface area contributed by atoms with E-state index in [0.29, 0.717) is 27.8 Å². The lowest BCUT2D eigenvalue weighted by Gasteiger charge is -2.04. The van der Waals surface area contributed by atoms with Crippen LogP contribution in [0.2, 0.25) is 5.15 Å². The maximum Gasteiger partial charge on any atom is 0.169 e. The molecule has 3 aromatic heterocycles. The first-order chi connectivity index (χ1) is 8.65. The first-order valence-corrected chi connectivity index (χ1v) is 5.70. The predicted octanol–water partition coefficient (Wildman–Crippen LogP) is 1.88. The molecule has 0 aliphatic carbocycles. The van der Waals surface area contributed by atoms with Crippen LogP contribution >= 0.6 is 11.6 Å². The average Bonchev–Trinajstić information content (AvgIpc) is 2.73. The van der Waals surface area contributed by atoms with Crippen molar-refractivity contribution in [2.24, 2.45) is 0 Å². The molecule has 0 aromatic carbocycles. The van der Waals surface area contributed by atoms with Crippen molar-refractivity contribution < 1.29 is 0 Å². The van der Waals surface area contributed by atoms with Gasteiger partial charge in [0.05, 0.1) is 11.6 Å². The molecule has 0 radical (unpaired) electrons. The molecular formula is C11H9ClN6. The molecule has 3 rings (SSSR count). The fourth-order valence-corrected chi connectivity index (χ4v) is 1.97. The highest BCUT2D eigenvalue weighted by molar-refractivity contribution is 6.33. The lowest BCUT2D eigenvalue weighted by Crippen LogP contribution is -2.04. The van der Waals surface area contributed by atoms with Gasteiger partial charge in [0, 0.05) is 11.8 Å². The Kier molecular flexibility index (Phi) is 2.45. The highest BCUT2D eigenvalue weighted by Crippen LogP contribution is 2.20. The van der Waals surface area contributed by atoms with Gasteiger partial charge in [-0.1, -0.05) is 11.6 Å². The largest absolute Gasteiger partial charge is 0.238 e. The number of aryl methyl sites for hydroxylation is 2. The first-order valence-electron chi connectivity index (χ1n) is 5.32. The van der Waals surface area contributed by atoms with E-state index >= 15 is 0 Å². The third kappa shape index (κ3) is 1.70. The first kappa shape index (κ1) is 11.0. The third-order valence-electron chi connectivity index (χ3n) is 2.49. The summed E-state index contributed by atoms with van der Waals surface area (Å²) < 4.78 is 1.63. The summed E-state index contributed by atoms with van der Waals surface area (Å²) in [5, 5.41) is 5.33. The van der Waals surface area contributed by atoms with Gasteiger partial charge in [-0.15, -0.1) is 0 Å². The van der Waals surface area contributed by atoms with Gasteiger partial charge in [0.1, 0.15) is 17.3 Å². The Labute approximate surface area is 108 Å². The number of halogens is 1. The molecule has 0 fully saturated rings. The fraction of sp³-hybridized carbons (Fsp3) is 0.182. The van der Waals surface area contributed by atoms with Crippen LogP contribution in [0, 0.1) is 13.8 Å². The minimum absolute atomic E-state index is 0.383. The van der Waals surface area contributed by atoms with Crippen molar-refractivity contribution in [2.75, 3.05) is 0 Å². The second kappa shape index (κ2) is 3.99. The summed E-state index contributed by atoms with van der Waals surface area (Å²) in [6.45, 7) is 3.75. The van der Waals surface area contributed by atoms with Crippen LogP contribution in [0.4, 0.5) is 0 Å². The number of hydrogen-bond acceptors (Lipinski definition) is 5. The molecule has 0 atom stereocenters. The minimum Gasteiger partial charge on any atom is -0.238 e. The van der Waals surface area contributed by atoms with Crippen LogP contribution < -0.4 is 0 Å². The normalized spacial score (nSPS) is 11.1. The molecule has 90 valence electrons. The molecule has 3 aromatic rings. The van der Waals surface area contributed by atoms with Gasteiger partial charge in [-0.25, -0.2) is 19.9 Å². The number of nitrogens with zero attached hydrogens (tertiary/aromatic N) is 6. The van der Waals surface area contributed by atoms with E-state index in [9.17, 15) is 0 Å². The van der Waals surface area contributed by atoms with Gasteiger partial charge in [-0.2, -0.15) is 9.78 Å². The third-order valence-corrected chi connectivity index (χ3v) is 2.79. The molecule has 0 aliphatic heterocycles. The van der Waals surface area contributed by atoms with E-state index in [4.69, 9.17) is 11.6 Å². The van der Waals surface area contributed by atoms with Crippen LogP contribution in [0.25, 0.3) is 16.9 Å². The van der Waals surface area contributed by atoms with Gasteiger partial charge >= 0.3 is 0 Å². The highest BCUT2D eigenvalue weighted by atomic mass is 35.5. The molecule has 0 N–H and O–H groups in total. The van der Waals surface area contributed by atoms with E-state index < -0.39 is 0 Å². The van der Waals surface area contributed by atoms with Gasteiger partial charge in [0.15, 0.2) is 11.5 Å². The van der Waals surface area contributed by atoms with Crippen molar-refractivity contribution in [3.63, 3.8) is 0 Å². The second-order valence-corrected chi connectivity index (χ2v) is 4.23. The zero-order valence-corrected chi connectivity index (χ0v) is 10.5. The molecule has 6 nitrogen and oxygen atoms in total. The predicted molar refractivity (Wildman–Crippen MR) is 66.7 cm³/mol. The van der Waals surface area contributed by atoms with Crippen LogP contribution in [0.15, 0.2) is 18.6 Å². The maximum absolute atomic E-state index is 5.98. The van der Waals surface area contributed by atoms with Gasteiger partial charge in [0.2, 0.25) is 0 Å². The number of fused-ring (bicyclic) bond motifs is 1. The highest BCUT2D eigenvalue weighted by Gasteiger charge is 2.11. The number of rotatable bonds is 1. The van der Waals surface area contributed by atoms with E-state index in [1.807, 2.05) is 19.9 Å². The molecule has 0 saturated heterocycles. The Balaban J connectivity index is 2.29. The fourth-order valence-electron chi connectivity index (χ4n) is 1.79. The zero-order valence-electron chi connectivity index (χ0n) is 9.79. The van der Waals surface area contributed by atoms with Gasteiger partial charge in [-0.3, -0.25) is 0 Å². The maximum atomic E-state index is 5.98. The smallest absolute Gasteiger partial charge is 0.169 e. The van der Waals surface area contributed by atoms with E-state index in [1.54, 1.807) is 10.9 Å². The van der Waals surface area contributed by atoms with Crippen LogP contribution in [0.3, 0.4) is 0 Å². The summed E-state index contributed by atoms with van der Waals surface area (Å²) in [6, 6.07) is 1.84. The van der Waals surface area contributed by atoms with E-state index in [-0.39, 0.29) is 0 Å².